The van der Waals surface area contributed by atoms with Crippen molar-refractivity contribution in [3.05, 3.63) is 58.6 Å². The summed E-state index contributed by atoms with van der Waals surface area (Å²) in [6, 6.07) is 13.5. The summed E-state index contributed by atoms with van der Waals surface area (Å²) in [6.45, 7) is 0. The quantitative estimate of drug-likeness (QED) is 0.660. The van der Waals surface area contributed by atoms with Crippen LogP contribution in [0.1, 0.15) is 42.6 Å². The highest BCUT2D eigenvalue weighted by Gasteiger charge is 2.22. The SMILES string of the molecule is O=C(NC1CCCCC1)c1cc(-c2cccs2)nn1-c1cccc(Cl)c1. The van der Waals surface area contributed by atoms with E-state index in [1.54, 1.807) is 16.0 Å². The molecule has 0 bridgehead atoms. The first-order valence-electron chi connectivity index (χ1n) is 8.91. The van der Waals surface area contributed by atoms with Crippen molar-refractivity contribution in [2.24, 2.45) is 0 Å². The molecule has 1 fully saturated rings. The van der Waals surface area contributed by atoms with E-state index in [1.165, 1.54) is 19.3 Å². The van der Waals surface area contributed by atoms with Crippen molar-refractivity contribution < 1.29 is 4.79 Å². The fourth-order valence-corrected chi connectivity index (χ4v) is 4.26. The van der Waals surface area contributed by atoms with Gasteiger partial charge in [0.15, 0.2) is 0 Å². The van der Waals surface area contributed by atoms with Crippen LogP contribution in [0.2, 0.25) is 5.02 Å². The Labute approximate surface area is 161 Å². The summed E-state index contributed by atoms with van der Waals surface area (Å²) in [5.41, 5.74) is 2.13. The summed E-state index contributed by atoms with van der Waals surface area (Å²) < 4.78 is 1.69. The molecule has 2 aromatic heterocycles. The lowest BCUT2D eigenvalue weighted by molar-refractivity contribution is 0.0920. The molecule has 26 heavy (non-hydrogen) atoms. The third kappa shape index (κ3) is 3.69. The third-order valence-electron chi connectivity index (χ3n) is 4.71. The second-order valence-electron chi connectivity index (χ2n) is 6.59. The highest BCUT2D eigenvalue weighted by Crippen LogP contribution is 2.27. The lowest BCUT2D eigenvalue weighted by atomic mass is 9.95. The molecule has 0 aliphatic heterocycles. The van der Waals surface area contributed by atoms with Gasteiger partial charge in [-0.15, -0.1) is 11.3 Å². The van der Waals surface area contributed by atoms with Crippen LogP contribution in [-0.4, -0.2) is 21.7 Å². The molecule has 0 atom stereocenters. The lowest BCUT2D eigenvalue weighted by Gasteiger charge is -2.22. The topological polar surface area (TPSA) is 46.9 Å². The van der Waals surface area contributed by atoms with Gasteiger partial charge in [0.05, 0.1) is 10.6 Å². The number of amides is 1. The van der Waals surface area contributed by atoms with E-state index in [0.29, 0.717) is 10.7 Å². The minimum atomic E-state index is -0.0767. The molecular weight excluding hydrogens is 366 g/mol. The lowest BCUT2D eigenvalue weighted by Crippen LogP contribution is -2.37. The van der Waals surface area contributed by atoms with E-state index in [2.05, 4.69) is 10.4 Å². The number of halogens is 1. The molecule has 1 amide bonds. The van der Waals surface area contributed by atoms with Crippen molar-refractivity contribution >= 4 is 28.8 Å². The van der Waals surface area contributed by atoms with Crippen LogP contribution < -0.4 is 5.32 Å². The van der Waals surface area contributed by atoms with E-state index in [9.17, 15) is 4.79 Å². The maximum Gasteiger partial charge on any atom is 0.270 e. The first kappa shape index (κ1) is 17.3. The van der Waals surface area contributed by atoms with Crippen LogP contribution in [0.15, 0.2) is 47.8 Å². The number of rotatable bonds is 4. The monoisotopic (exact) mass is 385 g/mol. The van der Waals surface area contributed by atoms with Gasteiger partial charge in [0.2, 0.25) is 0 Å². The van der Waals surface area contributed by atoms with Gasteiger partial charge in [-0.1, -0.05) is 43.0 Å². The maximum atomic E-state index is 13.0. The van der Waals surface area contributed by atoms with Gasteiger partial charge in [0, 0.05) is 11.1 Å². The second kappa shape index (κ2) is 7.64. The van der Waals surface area contributed by atoms with E-state index in [1.807, 2.05) is 47.8 Å². The minimum Gasteiger partial charge on any atom is -0.348 e. The highest BCUT2D eigenvalue weighted by atomic mass is 35.5. The number of carbonyl (C=O) groups excluding carboxylic acids is 1. The molecule has 4 rings (SSSR count). The molecule has 0 saturated heterocycles. The number of hydrogen-bond acceptors (Lipinski definition) is 3. The fraction of sp³-hybridized carbons (Fsp3) is 0.300. The van der Waals surface area contributed by atoms with Crippen molar-refractivity contribution in [3.63, 3.8) is 0 Å². The summed E-state index contributed by atoms with van der Waals surface area (Å²) in [7, 11) is 0. The molecule has 1 aromatic carbocycles. The van der Waals surface area contributed by atoms with Crippen LogP contribution in [0.5, 0.6) is 0 Å². The molecule has 1 saturated carbocycles. The summed E-state index contributed by atoms with van der Waals surface area (Å²) in [5, 5.41) is 10.5. The smallest absolute Gasteiger partial charge is 0.270 e. The number of benzene rings is 1. The molecule has 2 heterocycles. The van der Waals surface area contributed by atoms with E-state index >= 15 is 0 Å². The van der Waals surface area contributed by atoms with Gasteiger partial charge in [-0.3, -0.25) is 4.79 Å². The van der Waals surface area contributed by atoms with Gasteiger partial charge in [-0.2, -0.15) is 5.10 Å². The Balaban J connectivity index is 1.70. The second-order valence-corrected chi connectivity index (χ2v) is 7.98. The van der Waals surface area contributed by atoms with Crippen molar-refractivity contribution in [1.29, 1.82) is 0 Å². The van der Waals surface area contributed by atoms with Crippen LogP contribution in [-0.2, 0) is 0 Å². The minimum absolute atomic E-state index is 0.0767. The predicted molar refractivity (Wildman–Crippen MR) is 106 cm³/mol. The summed E-state index contributed by atoms with van der Waals surface area (Å²) in [5.74, 6) is -0.0767. The largest absolute Gasteiger partial charge is 0.348 e. The van der Waals surface area contributed by atoms with Gasteiger partial charge < -0.3 is 5.32 Å². The van der Waals surface area contributed by atoms with E-state index in [4.69, 9.17) is 11.6 Å². The Kier molecular flexibility index (Phi) is 5.09. The molecule has 6 heteroatoms. The zero-order valence-electron chi connectivity index (χ0n) is 14.3. The first-order valence-corrected chi connectivity index (χ1v) is 10.2. The van der Waals surface area contributed by atoms with E-state index < -0.39 is 0 Å². The highest BCUT2D eigenvalue weighted by molar-refractivity contribution is 7.13. The molecule has 1 aliphatic rings. The number of carbonyl (C=O) groups is 1. The summed E-state index contributed by atoms with van der Waals surface area (Å²) in [6.07, 6.45) is 5.72. The normalized spacial score (nSPS) is 15.1. The summed E-state index contributed by atoms with van der Waals surface area (Å²) >= 11 is 7.76. The average Bonchev–Trinajstić information content (AvgIpc) is 3.32. The Morgan fingerprint density at radius 2 is 2.00 bits per heavy atom. The molecule has 4 nitrogen and oxygen atoms in total. The third-order valence-corrected chi connectivity index (χ3v) is 5.84. The molecule has 1 aliphatic carbocycles. The number of nitrogens with one attached hydrogen (secondary N) is 1. The van der Waals surface area contributed by atoms with E-state index in [-0.39, 0.29) is 11.9 Å². The average molecular weight is 386 g/mol. The molecule has 1 N–H and O–H groups in total. The molecule has 134 valence electrons. The van der Waals surface area contributed by atoms with Gasteiger partial charge in [-0.05, 0) is 48.6 Å². The molecular formula is C20H20ClN3OS. The molecule has 0 radical (unpaired) electrons. The molecule has 3 aromatic rings. The van der Waals surface area contributed by atoms with Crippen LogP contribution in [0, 0.1) is 0 Å². The number of hydrogen-bond donors (Lipinski definition) is 1. The van der Waals surface area contributed by atoms with Gasteiger partial charge in [0.1, 0.15) is 11.4 Å². The Bertz CT molecular complexity index is 898. The number of aromatic nitrogens is 2. The van der Waals surface area contributed by atoms with Gasteiger partial charge >= 0.3 is 0 Å². The van der Waals surface area contributed by atoms with Crippen LogP contribution >= 0.6 is 22.9 Å². The van der Waals surface area contributed by atoms with Gasteiger partial charge in [0.25, 0.3) is 5.91 Å². The number of nitrogens with zero attached hydrogens (tertiary/aromatic N) is 2. The number of thiophene rings is 1. The maximum absolute atomic E-state index is 13.0. The van der Waals surface area contributed by atoms with Crippen LogP contribution in [0.3, 0.4) is 0 Å². The fourth-order valence-electron chi connectivity index (χ4n) is 3.40. The first-order chi connectivity index (χ1) is 12.7. The zero-order chi connectivity index (χ0) is 17.9. The molecule has 0 unspecified atom stereocenters. The Hall–Kier alpha value is -2.11. The molecule has 0 spiro atoms. The van der Waals surface area contributed by atoms with Crippen LogP contribution in [0.4, 0.5) is 0 Å². The van der Waals surface area contributed by atoms with Crippen molar-refractivity contribution in [3.8, 4) is 16.3 Å². The van der Waals surface area contributed by atoms with Crippen molar-refractivity contribution in [2.45, 2.75) is 38.1 Å². The van der Waals surface area contributed by atoms with Gasteiger partial charge in [-0.25, -0.2) is 4.68 Å². The summed E-state index contributed by atoms with van der Waals surface area (Å²) in [4.78, 5) is 14.0. The van der Waals surface area contributed by atoms with Crippen molar-refractivity contribution in [1.82, 2.24) is 15.1 Å². The Morgan fingerprint density at radius 1 is 1.15 bits per heavy atom. The van der Waals surface area contributed by atoms with Crippen LogP contribution in [0.25, 0.3) is 16.3 Å². The standard InChI is InChI=1S/C20H20ClN3OS/c21-14-6-4-9-16(12-14)24-18(13-17(23-24)19-10-5-11-26-19)20(25)22-15-7-2-1-3-8-15/h4-6,9-13,15H,1-3,7-8H2,(H,22,25). The Morgan fingerprint density at radius 3 is 2.73 bits per heavy atom. The van der Waals surface area contributed by atoms with Crippen molar-refractivity contribution in [2.75, 3.05) is 0 Å². The van der Waals surface area contributed by atoms with E-state index in [0.717, 1.165) is 29.1 Å². The predicted octanol–water partition coefficient (Wildman–Crippen LogP) is 5.32. The zero-order valence-corrected chi connectivity index (χ0v) is 15.9.